The molecule has 0 saturated carbocycles. The van der Waals surface area contributed by atoms with Gasteiger partial charge in [-0.25, -0.2) is 0 Å². The highest BCUT2D eigenvalue weighted by Gasteiger charge is 2.46. The van der Waals surface area contributed by atoms with Gasteiger partial charge in [0.1, 0.15) is 0 Å². The molecule has 1 aromatic carbocycles. The number of hydrogen-bond donors (Lipinski definition) is 0. The van der Waals surface area contributed by atoms with Crippen LogP contribution in [0.2, 0.25) is 16.6 Å². The molecule has 0 aromatic heterocycles. The third-order valence-electron chi connectivity index (χ3n) is 6.68. The predicted molar refractivity (Wildman–Crippen MR) is 124 cm³/mol. The van der Waals surface area contributed by atoms with Crippen LogP contribution in [0.4, 0.5) is 0 Å². The molecular weight excluding hydrogens is 390 g/mol. The summed E-state index contributed by atoms with van der Waals surface area (Å²) in [7, 11) is -1.91. The summed E-state index contributed by atoms with van der Waals surface area (Å²) in [5.41, 5.74) is 2.84. The van der Waals surface area contributed by atoms with Gasteiger partial charge in [-0.1, -0.05) is 71.9 Å². The van der Waals surface area contributed by atoms with E-state index in [9.17, 15) is 0 Å². The van der Waals surface area contributed by atoms with E-state index in [1.807, 2.05) is 18.2 Å². The van der Waals surface area contributed by atoms with Crippen LogP contribution in [-0.2, 0) is 20.5 Å². The lowest BCUT2D eigenvalue weighted by Crippen LogP contribution is -2.50. The highest BCUT2D eigenvalue weighted by molar-refractivity contribution is 6.77. The van der Waals surface area contributed by atoms with Gasteiger partial charge in [-0.2, -0.15) is 5.26 Å². The Balaban J connectivity index is 2.02. The molecule has 0 unspecified atom stereocenters. The van der Waals surface area contributed by atoms with E-state index in [4.69, 9.17) is 19.2 Å². The summed E-state index contributed by atoms with van der Waals surface area (Å²) in [5, 5.41) is 9.03. The van der Waals surface area contributed by atoms with Crippen molar-refractivity contribution in [3.05, 3.63) is 35.9 Å². The second-order valence-electron chi connectivity index (χ2n) is 9.59. The molecule has 5 heteroatoms. The Morgan fingerprint density at radius 3 is 2.23 bits per heavy atom. The van der Waals surface area contributed by atoms with Crippen molar-refractivity contribution >= 4 is 8.32 Å². The first-order chi connectivity index (χ1) is 14.3. The lowest BCUT2D eigenvalue weighted by Gasteiger charge is -2.44. The van der Waals surface area contributed by atoms with E-state index in [2.05, 4.69) is 59.7 Å². The summed E-state index contributed by atoms with van der Waals surface area (Å²) >= 11 is 0. The molecule has 1 aromatic rings. The maximum atomic E-state index is 9.03. The number of benzene rings is 1. The van der Waals surface area contributed by atoms with Gasteiger partial charge in [0.15, 0.2) is 14.6 Å². The SMILES string of the molecule is CC(C)[Si](OC[C@H]1CC[C@@H](CCC#N)[C@H](OCc2ccccc2)O1)(C(C)C)C(C)C. The van der Waals surface area contributed by atoms with E-state index < -0.39 is 8.32 Å². The Bertz CT molecular complexity index is 634. The van der Waals surface area contributed by atoms with E-state index in [0.717, 1.165) is 24.8 Å². The zero-order valence-corrected chi connectivity index (χ0v) is 20.8. The summed E-state index contributed by atoms with van der Waals surface area (Å²) in [6, 6.07) is 12.5. The highest BCUT2D eigenvalue weighted by Crippen LogP contribution is 2.43. The van der Waals surface area contributed by atoms with E-state index >= 15 is 0 Å². The fourth-order valence-corrected chi connectivity index (χ4v) is 10.7. The second kappa shape index (κ2) is 12.0. The Hall–Kier alpha value is -1.19. The molecule has 0 spiro atoms. The summed E-state index contributed by atoms with van der Waals surface area (Å²) < 4.78 is 19.4. The predicted octanol–water partition coefficient (Wildman–Crippen LogP) is 6.82. The van der Waals surface area contributed by atoms with Crippen LogP contribution in [0.5, 0.6) is 0 Å². The van der Waals surface area contributed by atoms with Gasteiger partial charge in [0.05, 0.1) is 25.4 Å². The van der Waals surface area contributed by atoms with Crippen LogP contribution < -0.4 is 0 Å². The van der Waals surface area contributed by atoms with Crippen molar-refractivity contribution in [1.82, 2.24) is 0 Å². The smallest absolute Gasteiger partial charge is 0.200 e. The number of rotatable bonds is 11. The minimum atomic E-state index is -1.91. The number of ether oxygens (including phenoxy) is 2. The van der Waals surface area contributed by atoms with Gasteiger partial charge in [0.2, 0.25) is 0 Å². The Kier molecular flexibility index (Phi) is 10.0. The van der Waals surface area contributed by atoms with Crippen molar-refractivity contribution in [2.45, 2.75) is 103 Å². The Labute approximate surface area is 185 Å². The van der Waals surface area contributed by atoms with Gasteiger partial charge in [-0.05, 0) is 41.4 Å². The van der Waals surface area contributed by atoms with Gasteiger partial charge in [0, 0.05) is 12.3 Å². The van der Waals surface area contributed by atoms with Crippen LogP contribution >= 0.6 is 0 Å². The maximum absolute atomic E-state index is 9.03. The standard InChI is InChI=1S/C25H41NO3Si/c1-19(2)30(20(3)4,21(5)6)28-18-24-15-14-23(13-10-16-26)25(29-24)27-17-22-11-8-7-9-12-22/h7-9,11-12,19-21,23-25H,10,13-15,17-18H2,1-6H3/t23-,24-,25-/m1/s1. The largest absolute Gasteiger partial charge is 0.413 e. The minimum Gasteiger partial charge on any atom is -0.413 e. The summed E-state index contributed by atoms with van der Waals surface area (Å²) in [5.74, 6) is 0.270. The zero-order valence-electron chi connectivity index (χ0n) is 19.8. The third-order valence-corrected chi connectivity index (χ3v) is 12.8. The van der Waals surface area contributed by atoms with Crippen molar-refractivity contribution < 1.29 is 13.9 Å². The molecule has 1 fully saturated rings. The van der Waals surface area contributed by atoms with E-state index in [0.29, 0.717) is 36.3 Å². The molecular formula is C25H41NO3Si. The minimum absolute atomic E-state index is 0.0623. The van der Waals surface area contributed by atoms with Gasteiger partial charge >= 0.3 is 0 Å². The average Bonchev–Trinajstić information content (AvgIpc) is 2.71. The van der Waals surface area contributed by atoms with E-state index in [1.54, 1.807) is 0 Å². The molecule has 0 aliphatic carbocycles. The molecule has 0 bridgehead atoms. The van der Waals surface area contributed by atoms with E-state index in [-0.39, 0.29) is 18.3 Å². The Morgan fingerprint density at radius 2 is 1.67 bits per heavy atom. The van der Waals surface area contributed by atoms with E-state index in [1.165, 1.54) is 0 Å². The van der Waals surface area contributed by atoms with Crippen molar-refractivity contribution in [2.75, 3.05) is 6.61 Å². The zero-order chi connectivity index (χ0) is 22.1. The van der Waals surface area contributed by atoms with Gasteiger partial charge < -0.3 is 13.9 Å². The fourth-order valence-electron chi connectivity index (χ4n) is 5.22. The monoisotopic (exact) mass is 431 g/mol. The van der Waals surface area contributed by atoms with Crippen LogP contribution in [-0.4, -0.2) is 27.3 Å². The van der Waals surface area contributed by atoms with Crippen LogP contribution in [0, 0.1) is 17.2 Å². The first kappa shape index (κ1) is 25.1. The third kappa shape index (κ3) is 6.40. The first-order valence-electron chi connectivity index (χ1n) is 11.6. The van der Waals surface area contributed by atoms with Crippen molar-refractivity contribution in [3.63, 3.8) is 0 Å². The lowest BCUT2D eigenvalue weighted by molar-refractivity contribution is -0.232. The topological polar surface area (TPSA) is 51.5 Å². The summed E-state index contributed by atoms with van der Waals surface area (Å²) in [4.78, 5) is 0. The molecule has 2 rings (SSSR count). The molecule has 0 radical (unpaired) electrons. The lowest BCUT2D eigenvalue weighted by atomic mass is 9.93. The van der Waals surface area contributed by atoms with Gasteiger partial charge in [0.25, 0.3) is 0 Å². The molecule has 0 amide bonds. The van der Waals surface area contributed by atoms with Crippen LogP contribution in [0.1, 0.15) is 72.8 Å². The first-order valence-corrected chi connectivity index (χ1v) is 13.8. The molecule has 1 heterocycles. The molecule has 1 saturated heterocycles. The molecule has 1 aliphatic rings. The maximum Gasteiger partial charge on any atom is 0.200 e. The van der Waals surface area contributed by atoms with Gasteiger partial charge in [-0.15, -0.1) is 0 Å². The average molecular weight is 432 g/mol. The molecule has 1 aliphatic heterocycles. The molecule has 0 N–H and O–H groups in total. The normalized spacial score (nSPS) is 22.6. The second-order valence-corrected chi connectivity index (χ2v) is 15.0. The molecule has 168 valence electrons. The highest BCUT2D eigenvalue weighted by atomic mass is 28.4. The summed E-state index contributed by atoms with van der Waals surface area (Å²) in [6.07, 6.45) is 3.16. The summed E-state index contributed by atoms with van der Waals surface area (Å²) in [6.45, 7) is 15.1. The number of hydrogen-bond acceptors (Lipinski definition) is 4. The Morgan fingerprint density at radius 1 is 1.03 bits per heavy atom. The van der Waals surface area contributed by atoms with Crippen molar-refractivity contribution in [3.8, 4) is 6.07 Å². The van der Waals surface area contributed by atoms with Crippen LogP contribution in [0.15, 0.2) is 30.3 Å². The van der Waals surface area contributed by atoms with Crippen LogP contribution in [0.3, 0.4) is 0 Å². The molecule has 30 heavy (non-hydrogen) atoms. The number of nitrogens with zero attached hydrogens (tertiary/aromatic N) is 1. The number of nitriles is 1. The van der Waals surface area contributed by atoms with Crippen molar-refractivity contribution in [2.24, 2.45) is 5.92 Å². The van der Waals surface area contributed by atoms with Gasteiger partial charge in [-0.3, -0.25) is 0 Å². The molecule has 3 atom stereocenters. The quantitative estimate of drug-likeness (QED) is 0.361. The van der Waals surface area contributed by atoms with Crippen LogP contribution in [0.25, 0.3) is 0 Å². The van der Waals surface area contributed by atoms with Crippen molar-refractivity contribution in [1.29, 1.82) is 5.26 Å². The molecule has 4 nitrogen and oxygen atoms in total. The fraction of sp³-hybridized carbons (Fsp3) is 0.720.